The minimum absolute atomic E-state index is 0.0562. The van der Waals surface area contributed by atoms with Crippen LogP contribution in [0.4, 0.5) is 0 Å². The average molecular weight is 364 g/mol. The van der Waals surface area contributed by atoms with Crippen molar-refractivity contribution in [2.75, 3.05) is 6.54 Å². The molecule has 1 N–H and O–H groups in total. The van der Waals surface area contributed by atoms with Gasteiger partial charge in [0.1, 0.15) is 12.7 Å². The number of benzene rings is 1. The fraction of sp³-hybridized carbons (Fsp3) is 0.400. The van der Waals surface area contributed by atoms with Crippen LogP contribution in [-0.2, 0) is 6.42 Å². The molecule has 1 aliphatic carbocycles. The Bertz CT molecular complexity index is 898. The van der Waals surface area contributed by atoms with E-state index in [-0.39, 0.29) is 11.6 Å². The molecule has 0 spiro atoms. The molecule has 1 aromatic carbocycles. The van der Waals surface area contributed by atoms with E-state index in [1.165, 1.54) is 11.9 Å². The molecule has 27 heavy (non-hydrogen) atoms. The van der Waals surface area contributed by atoms with E-state index in [4.69, 9.17) is 0 Å². The summed E-state index contributed by atoms with van der Waals surface area (Å²) in [5.41, 5.74) is 1.30. The number of nitrogens with zero attached hydrogens (tertiary/aromatic N) is 5. The smallest absolute Gasteiger partial charge is 0.267 e. The lowest BCUT2D eigenvalue weighted by Crippen LogP contribution is -2.37. The number of aromatic nitrogens is 5. The van der Waals surface area contributed by atoms with Crippen molar-refractivity contribution >= 4 is 0 Å². The SMILES string of the molecule is O=c1ccc(-n2cncn2)nn1C1CCC(NCCc2ccccc2)CC1. The number of hydrogen-bond acceptors (Lipinski definition) is 5. The maximum absolute atomic E-state index is 12.3. The first kappa shape index (κ1) is 17.6. The highest BCUT2D eigenvalue weighted by molar-refractivity contribution is 5.17. The molecule has 0 unspecified atom stereocenters. The van der Waals surface area contributed by atoms with Crippen LogP contribution in [0.15, 0.2) is 59.9 Å². The van der Waals surface area contributed by atoms with Gasteiger partial charge in [0.05, 0.1) is 6.04 Å². The molecule has 0 saturated heterocycles. The van der Waals surface area contributed by atoms with Gasteiger partial charge in [0, 0.05) is 12.1 Å². The van der Waals surface area contributed by atoms with Crippen LogP contribution in [0.5, 0.6) is 0 Å². The van der Waals surface area contributed by atoms with E-state index in [9.17, 15) is 4.79 Å². The van der Waals surface area contributed by atoms with Gasteiger partial charge < -0.3 is 5.32 Å². The predicted molar refractivity (Wildman–Crippen MR) is 103 cm³/mol. The largest absolute Gasteiger partial charge is 0.314 e. The van der Waals surface area contributed by atoms with Crippen LogP contribution >= 0.6 is 0 Å². The van der Waals surface area contributed by atoms with Crippen molar-refractivity contribution in [3.8, 4) is 5.82 Å². The first-order valence-corrected chi connectivity index (χ1v) is 9.52. The summed E-state index contributed by atoms with van der Waals surface area (Å²) in [5, 5.41) is 12.3. The van der Waals surface area contributed by atoms with Crippen LogP contribution in [0.2, 0.25) is 0 Å². The molecule has 0 aliphatic heterocycles. The zero-order valence-electron chi connectivity index (χ0n) is 15.2. The van der Waals surface area contributed by atoms with Gasteiger partial charge in [-0.15, -0.1) is 5.10 Å². The lowest BCUT2D eigenvalue weighted by Gasteiger charge is -2.29. The van der Waals surface area contributed by atoms with Gasteiger partial charge in [-0.05, 0) is 50.3 Å². The summed E-state index contributed by atoms with van der Waals surface area (Å²) in [4.78, 5) is 16.2. The number of rotatable bonds is 6. The molecule has 3 aromatic rings. The standard InChI is InChI=1S/C20H24N6O/c27-20-11-10-19(25-15-21-14-23-25)24-26(20)18-8-6-17(7-9-18)22-13-12-16-4-2-1-3-5-16/h1-5,10-11,14-15,17-18,22H,6-9,12-13H2. The van der Waals surface area contributed by atoms with Crippen LogP contribution in [0.25, 0.3) is 5.82 Å². The first-order valence-electron chi connectivity index (χ1n) is 9.52. The predicted octanol–water partition coefficient (Wildman–Crippen LogP) is 2.14. The highest BCUT2D eigenvalue weighted by atomic mass is 16.1. The summed E-state index contributed by atoms with van der Waals surface area (Å²) in [6, 6.07) is 14.5. The minimum Gasteiger partial charge on any atom is -0.314 e. The number of nitrogens with one attached hydrogen (secondary N) is 1. The summed E-state index contributed by atoms with van der Waals surface area (Å²) >= 11 is 0. The lowest BCUT2D eigenvalue weighted by atomic mass is 9.91. The molecule has 1 saturated carbocycles. The van der Waals surface area contributed by atoms with Crippen LogP contribution in [0, 0.1) is 0 Å². The molecular weight excluding hydrogens is 340 g/mol. The molecule has 7 heteroatoms. The molecule has 1 fully saturated rings. The molecule has 0 amide bonds. The molecular formula is C20H24N6O. The summed E-state index contributed by atoms with van der Waals surface area (Å²) in [6.07, 6.45) is 8.12. The van der Waals surface area contributed by atoms with Crippen molar-refractivity contribution in [2.24, 2.45) is 0 Å². The van der Waals surface area contributed by atoms with E-state index in [0.717, 1.165) is 38.6 Å². The summed E-state index contributed by atoms with van der Waals surface area (Å²) in [7, 11) is 0. The van der Waals surface area contributed by atoms with Crippen LogP contribution in [0.3, 0.4) is 0 Å². The number of hydrogen-bond donors (Lipinski definition) is 1. The second-order valence-electron chi connectivity index (χ2n) is 7.01. The van der Waals surface area contributed by atoms with E-state index < -0.39 is 0 Å². The van der Waals surface area contributed by atoms with E-state index in [1.54, 1.807) is 27.8 Å². The highest BCUT2D eigenvalue weighted by Gasteiger charge is 2.23. The third kappa shape index (κ3) is 4.31. The Kier molecular flexibility index (Phi) is 5.39. The quantitative estimate of drug-likeness (QED) is 0.725. The van der Waals surface area contributed by atoms with Crippen LogP contribution < -0.4 is 10.9 Å². The normalized spacial score (nSPS) is 19.9. The Morgan fingerprint density at radius 1 is 1.04 bits per heavy atom. The average Bonchev–Trinajstić information content (AvgIpc) is 3.25. The first-order chi connectivity index (χ1) is 13.3. The maximum Gasteiger partial charge on any atom is 0.267 e. The summed E-state index contributed by atoms with van der Waals surface area (Å²) in [6.45, 7) is 0.985. The molecule has 4 rings (SSSR count). The van der Waals surface area contributed by atoms with Gasteiger partial charge in [-0.25, -0.2) is 14.3 Å². The van der Waals surface area contributed by atoms with Crippen LogP contribution in [0.1, 0.15) is 37.3 Å². The zero-order valence-corrected chi connectivity index (χ0v) is 15.2. The van der Waals surface area contributed by atoms with E-state index in [2.05, 4.69) is 44.8 Å². The third-order valence-corrected chi connectivity index (χ3v) is 5.20. The second kappa shape index (κ2) is 8.26. The fourth-order valence-electron chi connectivity index (χ4n) is 3.72. The highest BCUT2D eigenvalue weighted by Crippen LogP contribution is 2.27. The van der Waals surface area contributed by atoms with E-state index in [1.807, 2.05) is 6.07 Å². The summed E-state index contributed by atoms with van der Waals surface area (Å²) < 4.78 is 3.20. The second-order valence-corrected chi connectivity index (χ2v) is 7.01. The Morgan fingerprint density at radius 3 is 2.59 bits per heavy atom. The van der Waals surface area contributed by atoms with Crippen molar-refractivity contribution in [1.29, 1.82) is 0 Å². The molecule has 1 aliphatic rings. The van der Waals surface area contributed by atoms with Gasteiger partial charge in [0.15, 0.2) is 5.82 Å². The minimum atomic E-state index is -0.0562. The Morgan fingerprint density at radius 2 is 1.85 bits per heavy atom. The molecule has 2 aromatic heterocycles. The van der Waals surface area contributed by atoms with Gasteiger partial charge in [-0.1, -0.05) is 30.3 Å². The van der Waals surface area contributed by atoms with Gasteiger partial charge in [0.25, 0.3) is 5.56 Å². The zero-order chi connectivity index (χ0) is 18.5. The molecule has 140 valence electrons. The third-order valence-electron chi connectivity index (χ3n) is 5.20. The van der Waals surface area contributed by atoms with Gasteiger partial charge in [-0.2, -0.15) is 5.10 Å². The van der Waals surface area contributed by atoms with Gasteiger partial charge in [-0.3, -0.25) is 4.79 Å². The fourth-order valence-corrected chi connectivity index (χ4v) is 3.72. The van der Waals surface area contributed by atoms with Crippen molar-refractivity contribution in [1.82, 2.24) is 29.9 Å². The maximum atomic E-state index is 12.3. The van der Waals surface area contributed by atoms with Crippen molar-refractivity contribution < 1.29 is 0 Å². The monoisotopic (exact) mass is 364 g/mol. The van der Waals surface area contributed by atoms with Crippen molar-refractivity contribution in [3.05, 3.63) is 71.0 Å². The molecule has 0 radical (unpaired) electrons. The molecule has 2 heterocycles. The summed E-state index contributed by atoms with van der Waals surface area (Å²) in [5.74, 6) is 0.621. The van der Waals surface area contributed by atoms with Gasteiger partial charge in [0.2, 0.25) is 0 Å². The van der Waals surface area contributed by atoms with Crippen molar-refractivity contribution in [3.63, 3.8) is 0 Å². The van der Waals surface area contributed by atoms with Crippen LogP contribution in [-0.4, -0.2) is 37.1 Å². The van der Waals surface area contributed by atoms with E-state index >= 15 is 0 Å². The Balaban J connectivity index is 1.33. The molecule has 0 atom stereocenters. The Labute approximate surface area is 158 Å². The topological polar surface area (TPSA) is 77.6 Å². The van der Waals surface area contributed by atoms with Crippen molar-refractivity contribution in [2.45, 2.75) is 44.2 Å². The van der Waals surface area contributed by atoms with Gasteiger partial charge >= 0.3 is 0 Å². The van der Waals surface area contributed by atoms with E-state index in [0.29, 0.717) is 11.9 Å². The molecule has 7 nitrogen and oxygen atoms in total. The Hall–Kier alpha value is -2.80. The molecule has 0 bridgehead atoms. The lowest BCUT2D eigenvalue weighted by molar-refractivity contribution is 0.269.